The van der Waals surface area contributed by atoms with Gasteiger partial charge in [0.1, 0.15) is 17.8 Å². The monoisotopic (exact) mass is 448 g/mol. The van der Waals surface area contributed by atoms with E-state index in [1.54, 1.807) is 24.5 Å². The number of phenols is 1. The molecular weight excluding hydrogens is 411 g/mol. The fourth-order valence-electron chi connectivity index (χ4n) is 4.06. The van der Waals surface area contributed by atoms with Crippen molar-refractivity contribution in [1.82, 2.24) is 4.98 Å². The van der Waals surface area contributed by atoms with Crippen LogP contribution in [0.2, 0.25) is 0 Å². The van der Waals surface area contributed by atoms with E-state index in [1.165, 1.54) is 0 Å². The van der Waals surface area contributed by atoms with Gasteiger partial charge in [-0.25, -0.2) is 4.57 Å². The van der Waals surface area contributed by atoms with E-state index in [4.69, 9.17) is 4.52 Å². The van der Waals surface area contributed by atoms with Crippen LogP contribution in [-0.4, -0.2) is 21.3 Å². The van der Waals surface area contributed by atoms with Gasteiger partial charge in [0, 0.05) is 40.3 Å². The van der Waals surface area contributed by atoms with Gasteiger partial charge in [-0.3, -0.25) is 4.98 Å². The normalized spacial score (nSPS) is 14.2. The summed E-state index contributed by atoms with van der Waals surface area (Å²) in [5.74, 6) is 0.698. The van der Waals surface area contributed by atoms with Crippen LogP contribution >= 0.6 is 7.60 Å². The smallest absolute Gasteiger partial charge is 0.395 e. The van der Waals surface area contributed by atoms with Gasteiger partial charge in [-0.05, 0) is 35.8 Å². The van der Waals surface area contributed by atoms with Gasteiger partial charge in [0.25, 0.3) is 0 Å². The van der Waals surface area contributed by atoms with Gasteiger partial charge in [-0.2, -0.15) is 0 Å². The summed E-state index contributed by atoms with van der Waals surface area (Å²) in [6.45, 7) is 16.2. The highest BCUT2D eigenvalue weighted by molar-refractivity contribution is 7.53. The van der Waals surface area contributed by atoms with Crippen molar-refractivity contribution in [1.29, 1.82) is 0 Å². The lowest BCUT2D eigenvalue weighted by Gasteiger charge is -2.34. The van der Waals surface area contributed by atoms with Crippen LogP contribution in [0.4, 0.5) is 5.69 Å². The summed E-state index contributed by atoms with van der Waals surface area (Å²) < 4.78 is 19.0. The Morgan fingerprint density at radius 2 is 1.42 bits per heavy atom. The minimum absolute atomic E-state index is 0.236. The maximum absolute atomic E-state index is 13.1. The van der Waals surface area contributed by atoms with Crippen LogP contribution in [0.3, 0.4) is 0 Å². The first kappa shape index (κ1) is 25.2. The molecule has 7 heteroatoms. The van der Waals surface area contributed by atoms with Crippen molar-refractivity contribution in [2.24, 2.45) is 0 Å². The average Bonchev–Trinajstić information content (AvgIpc) is 2.65. The number of rotatable bonds is 7. The number of hydrogen-bond acceptors (Lipinski definition) is 5. The average molecular weight is 449 g/mol. The number of pyridine rings is 1. The minimum Gasteiger partial charge on any atom is -0.507 e. The summed E-state index contributed by atoms with van der Waals surface area (Å²) in [5.41, 5.74) is 3.07. The molecule has 0 aliphatic heterocycles. The van der Waals surface area contributed by atoms with E-state index >= 15 is 0 Å². The van der Waals surface area contributed by atoms with Crippen LogP contribution in [0, 0.1) is 0 Å². The van der Waals surface area contributed by atoms with Gasteiger partial charge >= 0.3 is 7.60 Å². The van der Waals surface area contributed by atoms with Crippen LogP contribution < -0.4 is 9.84 Å². The second-order valence-corrected chi connectivity index (χ2v) is 11.7. The maximum Gasteiger partial charge on any atom is 0.395 e. The summed E-state index contributed by atoms with van der Waals surface area (Å²) >= 11 is 0. The van der Waals surface area contributed by atoms with E-state index < -0.39 is 7.60 Å². The Kier molecular flexibility index (Phi) is 7.50. The molecule has 0 saturated heterocycles. The second-order valence-electron chi connectivity index (χ2n) is 9.89. The lowest BCUT2D eigenvalue weighted by atomic mass is 9.74. The molecule has 0 amide bonds. The second kappa shape index (κ2) is 9.22. The lowest BCUT2D eigenvalue weighted by Crippen LogP contribution is -2.22. The molecular formula is C24H37N2O4P. The highest BCUT2D eigenvalue weighted by Crippen LogP contribution is 2.52. The summed E-state index contributed by atoms with van der Waals surface area (Å²) in [5, 5.41) is 14.3. The van der Waals surface area contributed by atoms with Crippen molar-refractivity contribution in [3.63, 3.8) is 0 Å². The van der Waals surface area contributed by atoms with Crippen molar-refractivity contribution in [3.8, 4) is 11.5 Å². The zero-order valence-corrected chi connectivity index (χ0v) is 20.9. The largest absolute Gasteiger partial charge is 0.507 e. The first-order valence-electron chi connectivity index (χ1n) is 10.8. The molecule has 0 bridgehead atoms. The minimum atomic E-state index is -4.03. The SMILES string of the molecule is CCc1c(OP(=O)(O)CNc2ccncc2)c(CC)c(C(C)(C)C)c(O)c1C(C)(C)C. The molecule has 172 valence electrons. The summed E-state index contributed by atoms with van der Waals surface area (Å²) in [7, 11) is -4.03. The van der Waals surface area contributed by atoms with Gasteiger partial charge in [-0.1, -0.05) is 55.4 Å². The van der Waals surface area contributed by atoms with E-state index in [1.807, 2.05) is 55.4 Å². The molecule has 0 radical (unpaired) electrons. The van der Waals surface area contributed by atoms with E-state index in [-0.39, 0.29) is 22.9 Å². The molecule has 1 aromatic carbocycles. The number of nitrogens with one attached hydrogen (secondary N) is 1. The fourth-order valence-corrected chi connectivity index (χ4v) is 5.01. The third-order valence-corrected chi connectivity index (χ3v) is 6.26. The Morgan fingerprint density at radius 1 is 0.968 bits per heavy atom. The topological polar surface area (TPSA) is 91.7 Å². The zero-order valence-electron chi connectivity index (χ0n) is 20.0. The summed E-state index contributed by atoms with van der Waals surface area (Å²) in [6.07, 6.45) is 4.14. The van der Waals surface area contributed by atoms with E-state index in [0.717, 1.165) is 22.3 Å². The van der Waals surface area contributed by atoms with Crippen molar-refractivity contribution >= 4 is 13.3 Å². The third kappa shape index (κ3) is 5.81. The van der Waals surface area contributed by atoms with Crippen molar-refractivity contribution in [3.05, 3.63) is 46.8 Å². The van der Waals surface area contributed by atoms with Crippen molar-refractivity contribution in [2.75, 3.05) is 11.6 Å². The molecule has 0 aliphatic rings. The number of nitrogens with zero attached hydrogens (tertiary/aromatic N) is 1. The molecule has 0 saturated carbocycles. The standard InChI is InChI=1S/C24H37N2O4P/c1-9-17-19(23(3,4)5)21(27)20(24(6,7)8)18(10-2)22(17)30-31(28,29)15-26-16-11-13-25-14-12-16/h11-14,27H,9-10,15H2,1-8H3,(H,25,26)(H,28,29). The zero-order chi connectivity index (χ0) is 23.6. The van der Waals surface area contributed by atoms with Crippen LogP contribution in [0.1, 0.15) is 77.6 Å². The predicted octanol–water partition coefficient (Wildman–Crippen LogP) is 6.14. The maximum atomic E-state index is 13.1. The highest BCUT2D eigenvalue weighted by atomic mass is 31.2. The molecule has 1 atom stereocenters. The molecule has 0 fully saturated rings. The number of aromatic hydroxyl groups is 1. The van der Waals surface area contributed by atoms with Gasteiger partial charge in [0.2, 0.25) is 0 Å². The van der Waals surface area contributed by atoms with Crippen LogP contribution in [0.25, 0.3) is 0 Å². The molecule has 3 N–H and O–H groups in total. The predicted molar refractivity (Wildman–Crippen MR) is 127 cm³/mol. The Hall–Kier alpha value is -2.04. The summed E-state index contributed by atoms with van der Waals surface area (Å²) in [4.78, 5) is 14.7. The number of benzene rings is 1. The number of phenolic OH excluding ortho intramolecular Hbond substituents is 1. The molecule has 2 rings (SSSR count). The molecule has 0 aliphatic carbocycles. The quantitative estimate of drug-likeness (QED) is 0.441. The van der Waals surface area contributed by atoms with Crippen LogP contribution in [-0.2, 0) is 28.2 Å². The summed E-state index contributed by atoms with van der Waals surface area (Å²) in [6, 6.07) is 3.45. The Labute approximate surface area is 186 Å². The van der Waals surface area contributed by atoms with Gasteiger partial charge in [0.05, 0.1) is 0 Å². The van der Waals surface area contributed by atoms with Gasteiger partial charge in [-0.15, -0.1) is 0 Å². The lowest BCUT2D eigenvalue weighted by molar-refractivity contribution is 0.371. The van der Waals surface area contributed by atoms with Crippen LogP contribution in [0.15, 0.2) is 24.5 Å². The number of hydrogen-bond donors (Lipinski definition) is 3. The Morgan fingerprint density at radius 3 is 1.81 bits per heavy atom. The Bertz CT molecular complexity index is 917. The number of anilines is 1. The molecule has 1 aromatic heterocycles. The first-order valence-corrected chi connectivity index (χ1v) is 12.6. The van der Waals surface area contributed by atoms with Gasteiger partial charge < -0.3 is 19.8 Å². The van der Waals surface area contributed by atoms with Crippen molar-refractivity contribution < 1.29 is 19.1 Å². The van der Waals surface area contributed by atoms with Gasteiger partial charge in [0.15, 0.2) is 0 Å². The van der Waals surface area contributed by atoms with E-state index in [0.29, 0.717) is 24.3 Å². The van der Waals surface area contributed by atoms with Crippen LogP contribution in [0.5, 0.6) is 11.5 Å². The molecule has 31 heavy (non-hydrogen) atoms. The molecule has 1 unspecified atom stereocenters. The molecule has 0 spiro atoms. The molecule has 1 heterocycles. The first-order chi connectivity index (χ1) is 14.2. The number of aromatic nitrogens is 1. The third-order valence-electron chi connectivity index (χ3n) is 5.23. The van der Waals surface area contributed by atoms with E-state index in [2.05, 4.69) is 10.3 Å². The Balaban J connectivity index is 2.65. The molecule has 2 aromatic rings. The van der Waals surface area contributed by atoms with Crippen molar-refractivity contribution in [2.45, 2.75) is 79.1 Å². The fraction of sp³-hybridized carbons (Fsp3) is 0.542. The highest BCUT2D eigenvalue weighted by Gasteiger charge is 2.35. The van der Waals surface area contributed by atoms with E-state index in [9.17, 15) is 14.6 Å². The molecule has 6 nitrogen and oxygen atoms in total.